The fourth-order valence-corrected chi connectivity index (χ4v) is 4.18. The highest BCUT2D eigenvalue weighted by Gasteiger charge is 2.23. The number of aromatic nitrogens is 2. The second kappa shape index (κ2) is 9.73. The van der Waals surface area contributed by atoms with Crippen LogP contribution in [0.3, 0.4) is 0 Å². The average molecular weight is 416 g/mol. The van der Waals surface area contributed by atoms with Crippen molar-refractivity contribution in [1.82, 2.24) is 14.7 Å². The maximum absolute atomic E-state index is 12.7. The number of hydrogen-bond donors (Lipinski definition) is 0. The van der Waals surface area contributed by atoms with E-state index in [1.807, 2.05) is 42.2 Å². The van der Waals surface area contributed by atoms with Crippen molar-refractivity contribution in [3.63, 3.8) is 0 Å². The molecule has 31 heavy (non-hydrogen) atoms. The van der Waals surface area contributed by atoms with Gasteiger partial charge < -0.3 is 4.90 Å². The van der Waals surface area contributed by atoms with Gasteiger partial charge in [-0.3, -0.25) is 9.59 Å². The molecule has 0 bridgehead atoms. The number of nitrogens with zero attached hydrogens (tertiary/aromatic N) is 3. The van der Waals surface area contributed by atoms with Gasteiger partial charge in [0.25, 0.3) is 5.56 Å². The molecule has 2 aromatic carbocycles. The average Bonchev–Trinajstić information content (AvgIpc) is 2.80. The lowest BCUT2D eigenvalue weighted by atomic mass is 9.90. The second-order valence-electron chi connectivity index (χ2n) is 8.41. The fraction of sp³-hybridized carbons (Fsp3) is 0.346. The van der Waals surface area contributed by atoms with Gasteiger partial charge in [0, 0.05) is 31.1 Å². The smallest absolute Gasteiger partial charge is 0.266 e. The minimum Gasteiger partial charge on any atom is -0.343 e. The van der Waals surface area contributed by atoms with Gasteiger partial charge in [-0.15, -0.1) is 0 Å². The highest BCUT2D eigenvalue weighted by atomic mass is 16.2. The summed E-state index contributed by atoms with van der Waals surface area (Å²) in [5, 5.41) is 4.48. The lowest BCUT2D eigenvalue weighted by Gasteiger charge is -2.32. The largest absolute Gasteiger partial charge is 0.343 e. The minimum atomic E-state index is -0.176. The Labute approximate surface area is 183 Å². The molecule has 160 valence electrons. The van der Waals surface area contributed by atoms with Gasteiger partial charge in [0.05, 0.1) is 12.2 Å². The molecular formula is C26H29N3O2. The summed E-state index contributed by atoms with van der Waals surface area (Å²) in [7, 11) is 0. The second-order valence-corrected chi connectivity index (χ2v) is 8.41. The predicted octanol–water partition coefficient (Wildman–Crippen LogP) is 4.09. The van der Waals surface area contributed by atoms with Crippen molar-refractivity contribution in [3.8, 4) is 11.3 Å². The van der Waals surface area contributed by atoms with Crippen molar-refractivity contribution < 1.29 is 4.79 Å². The van der Waals surface area contributed by atoms with Gasteiger partial charge in [-0.05, 0) is 43.7 Å². The number of likely N-dealkylation sites (tertiary alicyclic amines) is 1. The Hall–Kier alpha value is -3.21. The lowest BCUT2D eigenvalue weighted by Crippen LogP contribution is -2.39. The van der Waals surface area contributed by atoms with Crippen LogP contribution >= 0.6 is 0 Å². The van der Waals surface area contributed by atoms with Crippen LogP contribution in [0.5, 0.6) is 0 Å². The van der Waals surface area contributed by atoms with Crippen LogP contribution in [0.2, 0.25) is 0 Å². The fourth-order valence-electron chi connectivity index (χ4n) is 4.18. The van der Waals surface area contributed by atoms with Crippen molar-refractivity contribution in [2.75, 3.05) is 13.1 Å². The van der Waals surface area contributed by atoms with E-state index in [2.05, 4.69) is 29.4 Å². The van der Waals surface area contributed by atoms with Crippen LogP contribution in [-0.4, -0.2) is 33.7 Å². The highest BCUT2D eigenvalue weighted by molar-refractivity contribution is 5.76. The normalized spacial score (nSPS) is 14.5. The number of rotatable bonds is 6. The summed E-state index contributed by atoms with van der Waals surface area (Å²) in [6.45, 7) is 3.93. The molecule has 1 aliphatic rings. The monoisotopic (exact) mass is 415 g/mol. The topological polar surface area (TPSA) is 55.2 Å². The van der Waals surface area contributed by atoms with Gasteiger partial charge in [-0.2, -0.15) is 5.10 Å². The number of carbonyl (C=O) groups excluding carboxylic acids is 1. The molecule has 1 fully saturated rings. The van der Waals surface area contributed by atoms with Crippen LogP contribution in [0.4, 0.5) is 0 Å². The molecule has 0 N–H and O–H groups in total. The van der Waals surface area contributed by atoms with E-state index >= 15 is 0 Å². The van der Waals surface area contributed by atoms with Crippen LogP contribution in [0.15, 0.2) is 71.5 Å². The first-order valence-electron chi connectivity index (χ1n) is 11.1. The third kappa shape index (κ3) is 5.48. The van der Waals surface area contributed by atoms with Gasteiger partial charge in [0.15, 0.2) is 0 Å². The predicted molar refractivity (Wildman–Crippen MR) is 123 cm³/mol. The number of benzene rings is 2. The van der Waals surface area contributed by atoms with E-state index in [-0.39, 0.29) is 11.5 Å². The standard InChI is InChI=1S/C26H29N3O2/c1-20-7-9-23(10-8-20)24-11-12-26(31)29(27-24)18-15-25(30)28-16-13-22(14-17-28)19-21-5-3-2-4-6-21/h2-12,22H,13-19H2,1H3. The Morgan fingerprint density at radius 2 is 1.68 bits per heavy atom. The van der Waals surface area contributed by atoms with Crippen molar-refractivity contribution in [2.45, 2.75) is 39.2 Å². The van der Waals surface area contributed by atoms with E-state index in [0.717, 1.165) is 43.6 Å². The molecule has 0 unspecified atom stereocenters. The number of aryl methyl sites for hydroxylation is 2. The summed E-state index contributed by atoms with van der Waals surface area (Å²) >= 11 is 0. The lowest BCUT2D eigenvalue weighted by molar-refractivity contribution is -0.132. The van der Waals surface area contributed by atoms with Gasteiger partial charge in [0.2, 0.25) is 5.91 Å². The summed E-state index contributed by atoms with van der Waals surface area (Å²) in [5.41, 5.74) is 4.08. The number of piperidine rings is 1. The molecule has 1 aromatic heterocycles. The molecule has 1 saturated heterocycles. The maximum atomic E-state index is 12.7. The van der Waals surface area contributed by atoms with Crippen molar-refractivity contribution in [1.29, 1.82) is 0 Å². The molecule has 0 radical (unpaired) electrons. The zero-order valence-corrected chi connectivity index (χ0v) is 18.0. The quantitative estimate of drug-likeness (QED) is 0.609. The molecule has 5 heteroatoms. The third-order valence-electron chi connectivity index (χ3n) is 6.09. The Kier molecular flexibility index (Phi) is 6.60. The molecule has 0 saturated carbocycles. The first-order valence-corrected chi connectivity index (χ1v) is 11.1. The van der Waals surface area contributed by atoms with Gasteiger partial charge in [0.1, 0.15) is 0 Å². The van der Waals surface area contributed by atoms with E-state index in [4.69, 9.17) is 0 Å². The number of hydrogen-bond acceptors (Lipinski definition) is 3. The molecule has 2 heterocycles. The van der Waals surface area contributed by atoms with Crippen LogP contribution in [-0.2, 0) is 17.8 Å². The zero-order valence-electron chi connectivity index (χ0n) is 18.0. The molecule has 0 atom stereocenters. The first kappa shape index (κ1) is 21.0. The zero-order chi connectivity index (χ0) is 21.6. The Morgan fingerprint density at radius 3 is 2.39 bits per heavy atom. The van der Waals surface area contributed by atoms with E-state index in [1.54, 1.807) is 6.07 Å². The van der Waals surface area contributed by atoms with Crippen molar-refractivity contribution in [3.05, 3.63) is 88.2 Å². The van der Waals surface area contributed by atoms with E-state index in [9.17, 15) is 9.59 Å². The number of carbonyl (C=O) groups is 1. The van der Waals surface area contributed by atoms with E-state index < -0.39 is 0 Å². The molecule has 1 aliphatic heterocycles. The molecular weight excluding hydrogens is 386 g/mol. The van der Waals surface area contributed by atoms with E-state index in [1.165, 1.54) is 21.9 Å². The summed E-state index contributed by atoms with van der Waals surface area (Å²) in [6.07, 6.45) is 3.44. The highest BCUT2D eigenvalue weighted by Crippen LogP contribution is 2.22. The van der Waals surface area contributed by atoms with Gasteiger partial charge in [-0.25, -0.2) is 4.68 Å². The van der Waals surface area contributed by atoms with E-state index in [0.29, 0.717) is 18.9 Å². The molecule has 4 rings (SSSR count). The van der Waals surface area contributed by atoms with Crippen LogP contribution in [0.1, 0.15) is 30.4 Å². The van der Waals surface area contributed by atoms with Crippen LogP contribution in [0.25, 0.3) is 11.3 Å². The third-order valence-corrected chi connectivity index (χ3v) is 6.09. The summed E-state index contributed by atoms with van der Waals surface area (Å²) in [4.78, 5) is 26.9. The van der Waals surface area contributed by atoms with Crippen LogP contribution < -0.4 is 5.56 Å². The minimum absolute atomic E-state index is 0.104. The molecule has 3 aromatic rings. The van der Waals surface area contributed by atoms with Gasteiger partial charge in [-0.1, -0.05) is 60.2 Å². The SMILES string of the molecule is Cc1ccc(-c2ccc(=O)n(CCC(=O)N3CCC(Cc4ccccc4)CC3)n2)cc1. The first-order chi connectivity index (χ1) is 15.1. The summed E-state index contributed by atoms with van der Waals surface area (Å²) in [6, 6.07) is 21.9. The summed E-state index contributed by atoms with van der Waals surface area (Å²) in [5.74, 6) is 0.731. The van der Waals surface area contributed by atoms with Crippen molar-refractivity contribution in [2.24, 2.45) is 5.92 Å². The van der Waals surface area contributed by atoms with Gasteiger partial charge >= 0.3 is 0 Å². The van der Waals surface area contributed by atoms with Crippen molar-refractivity contribution >= 4 is 5.91 Å². The molecule has 1 amide bonds. The molecule has 0 aliphatic carbocycles. The molecule has 5 nitrogen and oxygen atoms in total. The maximum Gasteiger partial charge on any atom is 0.266 e. The Bertz CT molecular complexity index is 1070. The summed E-state index contributed by atoms with van der Waals surface area (Å²) < 4.78 is 1.41. The Morgan fingerprint density at radius 1 is 0.968 bits per heavy atom. The number of amides is 1. The Balaban J connectivity index is 1.31. The molecule has 0 spiro atoms. The van der Waals surface area contributed by atoms with Crippen LogP contribution in [0, 0.1) is 12.8 Å².